The number of benzene rings is 1. The Morgan fingerprint density at radius 3 is 2.82 bits per heavy atom. The summed E-state index contributed by atoms with van der Waals surface area (Å²) in [5.74, 6) is 0.575. The van der Waals surface area contributed by atoms with Crippen molar-refractivity contribution >= 4 is 63.2 Å². The van der Waals surface area contributed by atoms with Crippen LogP contribution in [0.2, 0.25) is 5.02 Å². The van der Waals surface area contributed by atoms with Crippen LogP contribution < -0.4 is 10.1 Å². The Balaban J connectivity index is 1.90. The maximum absolute atomic E-state index is 11.7. The number of methoxy groups -OCH3 is 1. The molecule has 1 fully saturated rings. The summed E-state index contributed by atoms with van der Waals surface area (Å²) in [6.45, 7) is 0. The lowest BCUT2D eigenvalue weighted by atomic mass is 10.1. The third-order valence-electron chi connectivity index (χ3n) is 3.02. The Morgan fingerprint density at radius 2 is 2.18 bits per heavy atom. The maximum atomic E-state index is 11.7. The Morgan fingerprint density at radius 1 is 1.36 bits per heavy atom. The van der Waals surface area contributed by atoms with Gasteiger partial charge in [-0.15, -0.1) is 11.3 Å². The third-order valence-corrected chi connectivity index (χ3v) is 5.38. The van der Waals surface area contributed by atoms with Crippen LogP contribution in [0.25, 0.3) is 17.2 Å². The first-order valence-corrected chi connectivity index (χ1v) is 8.72. The van der Waals surface area contributed by atoms with E-state index in [1.165, 1.54) is 11.8 Å². The molecule has 0 spiro atoms. The number of carbonyl (C=O) groups is 1. The molecule has 1 aromatic carbocycles. The summed E-state index contributed by atoms with van der Waals surface area (Å²) >= 11 is 14.1. The van der Waals surface area contributed by atoms with Gasteiger partial charge in [0.25, 0.3) is 5.91 Å². The molecule has 1 aliphatic rings. The van der Waals surface area contributed by atoms with E-state index in [4.69, 9.17) is 28.6 Å². The summed E-state index contributed by atoms with van der Waals surface area (Å²) in [6.07, 6.45) is 1.84. The van der Waals surface area contributed by atoms with Gasteiger partial charge in [-0.2, -0.15) is 0 Å². The predicted molar refractivity (Wildman–Crippen MR) is 97.6 cm³/mol. The van der Waals surface area contributed by atoms with Gasteiger partial charge in [0.05, 0.1) is 17.0 Å². The normalized spacial score (nSPS) is 16.2. The molecule has 3 nitrogen and oxygen atoms in total. The molecular formula is C15H10ClNO2S3. The molecule has 0 aliphatic carbocycles. The number of hydrogen-bond donors (Lipinski definition) is 1. The molecule has 3 rings (SSSR count). The van der Waals surface area contributed by atoms with Gasteiger partial charge in [0, 0.05) is 10.4 Å². The van der Waals surface area contributed by atoms with Crippen molar-refractivity contribution in [2.45, 2.75) is 0 Å². The van der Waals surface area contributed by atoms with Crippen molar-refractivity contribution in [1.29, 1.82) is 0 Å². The van der Waals surface area contributed by atoms with Gasteiger partial charge in [-0.3, -0.25) is 4.79 Å². The number of amides is 1. The van der Waals surface area contributed by atoms with Crippen molar-refractivity contribution in [1.82, 2.24) is 5.32 Å². The number of thiocarbonyl (C=S) groups is 1. The molecule has 0 atom stereocenters. The molecule has 1 aromatic heterocycles. The highest BCUT2D eigenvalue weighted by Gasteiger charge is 2.22. The fraction of sp³-hybridized carbons (Fsp3) is 0.0667. The molecule has 1 amide bonds. The Hall–Kier alpha value is -1.34. The number of thiophene rings is 1. The SMILES string of the molecule is COc1ccc(-c2csc(C=C3SC(=S)NC3=O)c2)c(Cl)c1. The van der Waals surface area contributed by atoms with Gasteiger partial charge in [-0.05, 0) is 41.3 Å². The quantitative estimate of drug-likeness (QED) is 0.637. The van der Waals surface area contributed by atoms with Gasteiger partial charge in [0.2, 0.25) is 0 Å². The summed E-state index contributed by atoms with van der Waals surface area (Å²) in [6, 6.07) is 7.58. The van der Waals surface area contributed by atoms with Gasteiger partial charge in [-0.25, -0.2) is 0 Å². The van der Waals surface area contributed by atoms with Gasteiger partial charge >= 0.3 is 0 Å². The molecule has 2 heterocycles. The number of nitrogens with one attached hydrogen (secondary N) is 1. The summed E-state index contributed by atoms with van der Waals surface area (Å²) < 4.78 is 5.64. The topological polar surface area (TPSA) is 38.3 Å². The lowest BCUT2D eigenvalue weighted by molar-refractivity contribution is -0.115. The van der Waals surface area contributed by atoms with Crippen LogP contribution in [0.1, 0.15) is 4.88 Å². The molecule has 0 saturated carbocycles. The van der Waals surface area contributed by atoms with Crippen molar-refractivity contribution in [3.63, 3.8) is 0 Å². The van der Waals surface area contributed by atoms with E-state index in [1.807, 2.05) is 29.7 Å². The van der Waals surface area contributed by atoms with Crippen molar-refractivity contribution in [2.75, 3.05) is 7.11 Å². The highest BCUT2D eigenvalue weighted by Crippen LogP contribution is 2.35. The van der Waals surface area contributed by atoms with Gasteiger partial charge < -0.3 is 10.1 Å². The second-order valence-electron chi connectivity index (χ2n) is 4.44. The molecule has 1 aliphatic heterocycles. The fourth-order valence-electron chi connectivity index (χ4n) is 1.98. The van der Waals surface area contributed by atoms with Crippen LogP contribution in [-0.4, -0.2) is 17.3 Å². The molecule has 0 radical (unpaired) electrons. The lowest BCUT2D eigenvalue weighted by Gasteiger charge is -2.04. The first-order valence-electron chi connectivity index (χ1n) is 6.24. The molecule has 0 unspecified atom stereocenters. The highest BCUT2D eigenvalue weighted by molar-refractivity contribution is 8.26. The zero-order valence-corrected chi connectivity index (χ0v) is 14.6. The van der Waals surface area contributed by atoms with E-state index < -0.39 is 0 Å². The molecule has 112 valence electrons. The molecule has 0 bridgehead atoms. The molecule has 1 N–H and O–H groups in total. The summed E-state index contributed by atoms with van der Waals surface area (Å²) in [4.78, 5) is 13.3. The molecular weight excluding hydrogens is 358 g/mol. The average Bonchev–Trinajstić information content (AvgIpc) is 3.06. The van der Waals surface area contributed by atoms with E-state index >= 15 is 0 Å². The number of thioether (sulfide) groups is 1. The summed E-state index contributed by atoms with van der Waals surface area (Å²) in [7, 11) is 1.61. The zero-order valence-electron chi connectivity index (χ0n) is 11.4. The molecule has 7 heteroatoms. The third kappa shape index (κ3) is 3.20. The molecule has 22 heavy (non-hydrogen) atoms. The van der Waals surface area contributed by atoms with Crippen LogP contribution >= 0.6 is 46.9 Å². The highest BCUT2D eigenvalue weighted by atomic mass is 35.5. The van der Waals surface area contributed by atoms with Crippen LogP contribution in [0.3, 0.4) is 0 Å². The van der Waals surface area contributed by atoms with E-state index in [1.54, 1.807) is 24.5 Å². The number of carbonyl (C=O) groups excluding carboxylic acids is 1. The summed E-state index contributed by atoms with van der Waals surface area (Å²) in [5, 5.41) is 5.24. The van der Waals surface area contributed by atoms with Gasteiger partial charge in [0.15, 0.2) is 0 Å². The average molecular weight is 368 g/mol. The minimum absolute atomic E-state index is 0.146. The Kier molecular flexibility index (Phi) is 4.54. The number of ether oxygens (including phenoxy) is 1. The minimum atomic E-state index is -0.146. The van der Waals surface area contributed by atoms with Crippen LogP contribution in [0.4, 0.5) is 0 Å². The standard InChI is InChI=1S/C15H10ClNO2S3/c1-19-9-2-3-11(12(16)5-9)8-4-10(21-7-8)6-13-14(18)17-15(20)22-13/h2-7H,1H3,(H,17,18,20). The van der Waals surface area contributed by atoms with E-state index in [0.717, 1.165) is 21.8 Å². The number of rotatable bonds is 3. The second kappa shape index (κ2) is 6.42. The van der Waals surface area contributed by atoms with Crippen molar-refractivity contribution < 1.29 is 9.53 Å². The monoisotopic (exact) mass is 367 g/mol. The van der Waals surface area contributed by atoms with Crippen LogP contribution in [0.15, 0.2) is 34.6 Å². The predicted octanol–water partition coefficient (Wildman–Crippen LogP) is 4.57. The van der Waals surface area contributed by atoms with Crippen molar-refractivity contribution in [3.8, 4) is 16.9 Å². The van der Waals surface area contributed by atoms with Gasteiger partial charge in [-0.1, -0.05) is 35.6 Å². The van der Waals surface area contributed by atoms with Crippen molar-refractivity contribution in [2.24, 2.45) is 0 Å². The van der Waals surface area contributed by atoms with E-state index in [9.17, 15) is 4.79 Å². The van der Waals surface area contributed by atoms with Gasteiger partial charge in [0.1, 0.15) is 10.1 Å². The number of hydrogen-bond acceptors (Lipinski definition) is 5. The Labute approximate surface area is 146 Å². The maximum Gasteiger partial charge on any atom is 0.263 e. The lowest BCUT2D eigenvalue weighted by Crippen LogP contribution is -2.17. The smallest absolute Gasteiger partial charge is 0.263 e. The largest absolute Gasteiger partial charge is 0.497 e. The summed E-state index contributed by atoms with van der Waals surface area (Å²) in [5.41, 5.74) is 1.94. The number of halogens is 1. The van der Waals surface area contributed by atoms with E-state index in [0.29, 0.717) is 14.2 Å². The zero-order chi connectivity index (χ0) is 15.7. The minimum Gasteiger partial charge on any atom is -0.497 e. The van der Waals surface area contributed by atoms with Crippen LogP contribution in [0, 0.1) is 0 Å². The van der Waals surface area contributed by atoms with Crippen LogP contribution in [0.5, 0.6) is 5.75 Å². The Bertz CT molecular complexity index is 798. The molecule has 2 aromatic rings. The van der Waals surface area contributed by atoms with Crippen molar-refractivity contribution in [3.05, 3.63) is 44.5 Å². The first kappa shape index (κ1) is 15.6. The fourth-order valence-corrected chi connectivity index (χ4v) is 4.21. The van der Waals surface area contributed by atoms with E-state index in [2.05, 4.69) is 5.32 Å². The first-order chi connectivity index (χ1) is 10.6. The second-order valence-corrected chi connectivity index (χ2v) is 7.50. The van der Waals surface area contributed by atoms with Crippen LogP contribution in [-0.2, 0) is 4.79 Å². The van der Waals surface area contributed by atoms with E-state index in [-0.39, 0.29) is 5.91 Å². The molecule has 1 saturated heterocycles.